The average molecular weight is 368 g/mol. The number of anilines is 2. The van der Waals surface area contributed by atoms with Crippen molar-refractivity contribution in [2.24, 2.45) is 0 Å². The largest absolute Gasteiger partial charge is 0.345 e. The Bertz CT molecular complexity index is 815. The van der Waals surface area contributed by atoms with E-state index in [0.717, 1.165) is 0 Å². The number of hydrogen-bond donors (Lipinski definition) is 2. The Kier molecular flexibility index (Phi) is 5.83. The maximum atomic E-state index is 12.1. The third-order valence-corrected chi connectivity index (χ3v) is 3.71. The predicted octanol–water partition coefficient (Wildman–Crippen LogP) is 4.50. The van der Waals surface area contributed by atoms with Crippen molar-refractivity contribution in [3.8, 4) is 6.07 Å². The number of amides is 1. The molecule has 0 aliphatic heterocycles. The van der Waals surface area contributed by atoms with Crippen LogP contribution in [0.2, 0.25) is 15.1 Å². The maximum absolute atomic E-state index is 12.1. The van der Waals surface area contributed by atoms with Crippen molar-refractivity contribution in [3.63, 3.8) is 0 Å². The number of rotatable bonds is 4. The zero-order valence-electron chi connectivity index (χ0n) is 11.5. The Morgan fingerprint density at radius 3 is 2.74 bits per heavy atom. The van der Waals surface area contributed by atoms with Crippen LogP contribution in [0.25, 0.3) is 0 Å². The van der Waals surface area contributed by atoms with Gasteiger partial charge in [0.1, 0.15) is 17.5 Å². The molecule has 0 spiro atoms. The average Bonchev–Trinajstić information content (AvgIpc) is 2.52. The second-order valence-electron chi connectivity index (χ2n) is 4.23. The molecule has 0 fully saturated rings. The van der Waals surface area contributed by atoms with E-state index < -0.39 is 5.91 Å². The summed E-state index contributed by atoms with van der Waals surface area (Å²) in [5, 5.41) is 15.3. The molecule has 0 saturated heterocycles. The molecule has 116 valence electrons. The molecule has 2 rings (SSSR count). The van der Waals surface area contributed by atoms with Gasteiger partial charge in [-0.05, 0) is 24.3 Å². The molecule has 23 heavy (non-hydrogen) atoms. The van der Waals surface area contributed by atoms with Crippen LogP contribution >= 0.6 is 34.8 Å². The summed E-state index contributed by atoms with van der Waals surface area (Å²) in [6, 6.07) is 9.75. The van der Waals surface area contributed by atoms with Gasteiger partial charge in [-0.2, -0.15) is 5.26 Å². The second kappa shape index (κ2) is 7.84. The fraction of sp³-hybridized carbons (Fsp3) is 0. The molecule has 8 heteroatoms. The molecular formula is C15H9Cl3N4O. The molecule has 2 aromatic rings. The fourth-order valence-corrected chi connectivity index (χ4v) is 2.08. The van der Waals surface area contributed by atoms with Gasteiger partial charge in [0.15, 0.2) is 0 Å². The van der Waals surface area contributed by atoms with Gasteiger partial charge < -0.3 is 10.6 Å². The lowest BCUT2D eigenvalue weighted by Crippen LogP contribution is -2.15. The molecule has 2 N–H and O–H groups in total. The van der Waals surface area contributed by atoms with Gasteiger partial charge in [0.25, 0.3) is 5.91 Å². The van der Waals surface area contributed by atoms with Crippen LogP contribution in [0.15, 0.2) is 48.3 Å². The van der Waals surface area contributed by atoms with E-state index in [-0.39, 0.29) is 10.6 Å². The zero-order valence-corrected chi connectivity index (χ0v) is 13.7. The summed E-state index contributed by atoms with van der Waals surface area (Å²) in [6.45, 7) is 0. The van der Waals surface area contributed by atoms with E-state index in [1.54, 1.807) is 36.4 Å². The summed E-state index contributed by atoms with van der Waals surface area (Å²) in [7, 11) is 0. The normalized spacial score (nSPS) is 10.8. The number of pyridine rings is 1. The van der Waals surface area contributed by atoms with Crippen LogP contribution < -0.4 is 10.6 Å². The monoisotopic (exact) mass is 366 g/mol. The molecule has 1 heterocycles. The number of benzene rings is 1. The summed E-state index contributed by atoms with van der Waals surface area (Å²) in [5.41, 5.74) is 0.147. The highest BCUT2D eigenvalue weighted by Crippen LogP contribution is 2.29. The van der Waals surface area contributed by atoms with Gasteiger partial charge in [-0.25, -0.2) is 4.98 Å². The lowest BCUT2D eigenvalue weighted by molar-refractivity contribution is -0.112. The van der Waals surface area contributed by atoms with Crippen molar-refractivity contribution in [3.05, 3.63) is 63.4 Å². The van der Waals surface area contributed by atoms with E-state index in [1.807, 2.05) is 0 Å². The first-order chi connectivity index (χ1) is 11.0. The van der Waals surface area contributed by atoms with E-state index in [0.29, 0.717) is 21.6 Å². The summed E-state index contributed by atoms with van der Waals surface area (Å²) >= 11 is 17.7. The molecular weight excluding hydrogens is 359 g/mol. The van der Waals surface area contributed by atoms with Crippen LogP contribution in [-0.2, 0) is 4.79 Å². The van der Waals surface area contributed by atoms with Crippen molar-refractivity contribution >= 4 is 52.2 Å². The van der Waals surface area contributed by atoms with Gasteiger partial charge in [-0.3, -0.25) is 4.79 Å². The standard InChI is InChI=1S/C15H9Cl3N4O/c16-10-4-5-20-13(6-10)21-8-9(7-19)15(23)22-12-3-1-2-11(17)14(12)18/h1-6,8H,(H,20,21)(H,22,23)/b9-8-. The number of halogens is 3. The minimum absolute atomic E-state index is 0.164. The number of nitriles is 1. The van der Waals surface area contributed by atoms with Crippen LogP contribution in [0.5, 0.6) is 0 Å². The van der Waals surface area contributed by atoms with Gasteiger partial charge in [0.05, 0.1) is 15.7 Å². The molecule has 1 aromatic heterocycles. The molecule has 0 aliphatic carbocycles. The minimum Gasteiger partial charge on any atom is -0.345 e. The minimum atomic E-state index is -0.633. The van der Waals surface area contributed by atoms with Gasteiger partial charge >= 0.3 is 0 Å². The number of aromatic nitrogens is 1. The summed E-state index contributed by atoms with van der Waals surface area (Å²) < 4.78 is 0. The molecule has 1 amide bonds. The van der Waals surface area contributed by atoms with Crippen molar-refractivity contribution in [2.45, 2.75) is 0 Å². The van der Waals surface area contributed by atoms with Gasteiger partial charge in [0, 0.05) is 17.4 Å². The van der Waals surface area contributed by atoms with Gasteiger partial charge in [0.2, 0.25) is 0 Å². The Morgan fingerprint density at radius 1 is 1.26 bits per heavy atom. The third kappa shape index (κ3) is 4.60. The van der Waals surface area contributed by atoms with Crippen molar-refractivity contribution in [1.29, 1.82) is 5.26 Å². The van der Waals surface area contributed by atoms with Crippen LogP contribution in [0.1, 0.15) is 0 Å². The number of hydrogen-bond acceptors (Lipinski definition) is 4. The number of carbonyl (C=O) groups is 1. The Morgan fingerprint density at radius 2 is 2.04 bits per heavy atom. The first-order valence-corrected chi connectivity index (χ1v) is 7.38. The van der Waals surface area contributed by atoms with E-state index >= 15 is 0 Å². The summed E-state index contributed by atoms with van der Waals surface area (Å²) in [4.78, 5) is 16.1. The maximum Gasteiger partial charge on any atom is 0.267 e. The lowest BCUT2D eigenvalue weighted by atomic mass is 10.2. The SMILES string of the molecule is N#C/C(=C/Nc1cc(Cl)ccn1)C(=O)Nc1cccc(Cl)c1Cl. The van der Waals surface area contributed by atoms with Crippen molar-refractivity contribution in [1.82, 2.24) is 4.98 Å². The lowest BCUT2D eigenvalue weighted by Gasteiger charge is -2.07. The summed E-state index contributed by atoms with van der Waals surface area (Å²) in [5.74, 6) is -0.231. The molecule has 0 radical (unpaired) electrons. The molecule has 1 aromatic carbocycles. The van der Waals surface area contributed by atoms with Gasteiger partial charge in [-0.15, -0.1) is 0 Å². The van der Waals surface area contributed by atoms with E-state index in [4.69, 9.17) is 40.1 Å². The molecule has 0 saturated carbocycles. The molecule has 0 unspecified atom stereocenters. The Balaban J connectivity index is 2.14. The fourth-order valence-electron chi connectivity index (χ4n) is 1.57. The molecule has 0 aliphatic rings. The van der Waals surface area contributed by atoms with Crippen LogP contribution in [0, 0.1) is 11.3 Å². The number of nitrogens with zero attached hydrogens (tertiary/aromatic N) is 2. The zero-order chi connectivity index (χ0) is 16.8. The Labute approximate surface area is 147 Å². The van der Waals surface area contributed by atoms with Crippen LogP contribution in [-0.4, -0.2) is 10.9 Å². The predicted molar refractivity (Wildman–Crippen MR) is 91.7 cm³/mol. The van der Waals surface area contributed by atoms with Crippen molar-refractivity contribution in [2.75, 3.05) is 10.6 Å². The number of nitrogens with one attached hydrogen (secondary N) is 2. The first-order valence-electron chi connectivity index (χ1n) is 6.25. The highest BCUT2D eigenvalue weighted by atomic mass is 35.5. The second-order valence-corrected chi connectivity index (χ2v) is 5.45. The summed E-state index contributed by atoms with van der Waals surface area (Å²) in [6.07, 6.45) is 2.73. The number of carbonyl (C=O) groups excluding carboxylic acids is 1. The highest BCUT2D eigenvalue weighted by molar-refractivity contribution is 6.44. The van der Waals surface area contributed by atoms with Crippen LogP contribution in [0.4, 0.5) is 11.5 Å². The molecule has 0 bridgehead atoms. The quantitative estimate of drug-likeness (QED) is 0.616. The van der Waals surface area contributed by atoms with Crippen molar-refractivity contribution < 1.29 is 4.79 Å². The van der Waals surface area contributed by atoms with E-state index in [9.17, 15) is 4.79 Å². The van der Waals surface area contributed by atoms with E-state index in [1.165, 1.54) is 12.4 Å². The third-order valence-electron chi connectivity index (χ3n) is 2.65. The highest BCUT2D eigenvalue weighted by Gasteiger charge is 2.12. The van der Waals surface area contributed by atoms with Gasteiger partial charge in [-0.1, -0.05) is 40.9 Å². The molecule has 0 atom stereocenters. The topological polar surface area (TPSA) is 77.8 Å². The Hall–Kier alpha value is -2.26. The first kappa shape index (κ1) is 17.1. The van der Waals surface area contributed by atoms with Crippen LogP contribution in [0.3, 0.4) is 0 Å². The molecule has 5 nitrogen and oxygen atoms in total. The smallest absolute Gasteiger partial charge is 0.267 e. The van der Waals surface area contributed by atoms with E-state index in [2.05, 4.69) is 15.6 Å².